The number of aromatic carboxylic acids is 2. The van der Waals surface area contributed by atoms with Gasteiger partial charge in [0.1, 0.15) is 5.75 Å². The normalized spacial score (nSPS) is 11.9. The molecule has 1 rings (SSSR count). The highest BCUT2D eigenvalue weighted by atomic mass is 79.9. The first-order valence-electron chi connectivity index (χ1n) is 5.52. The molecule has 7 heteroatoms. The van der Waals surface area contributed by atoms with Crippen LogP contribution in [0.4, 0.5) is 0 Å². The van der Waals surface area contributed by atoms with Crippen LogP contribution in [0.15, 0.2) is 16.6 Å². The molecule has 0 saturated carbocycles. The van der Waals surface area contributed by atoms with Crippen LogP contribution < -0.4 is 4.74 Å². The zero-order valence-corrected chi connectivity index (χ0v) is 11.7. The Kier molecular flexibility index (Phi) is 5.31. The van der Waals surface area contributed by atoms with Gasteiger partial charge in [-0.2, -0.15) is 0 Å². The Morgan fingerprint density at radius 2 is 1.95 bits per heavy atom. The zero-order valence-electron chi connectivity index (χ0n) is 10.1. The number of halogens is 1. The van der Waals surface area contributed by atoms with Gasteiger partial charge in [-0.05, 0) is 28.1 Å². The number of carboxylic acids is 2. The third-order valence-corrected chi connectivity index (χ3v) is 3.14. The van der Waals surface area contributed by atoms with Gasteiger partial charge in [0.05, 0.1) is 15.6 Å². The minimum absolute atomic E-state index is 0.00458. The molecule has 0 amide bonds. The van der Waals surface area contributed by atoms with Crippen molar-refractivity contribution < 1.29 is 29.6 Å². The Labute approximate surface area is 117 Å². The summed E-state index contributed by atoms with van der Waals surface area (Å²) >= 11 is 3.00. The summed E-state index contributed by atoms with van der Waals surface area (Å²) in [6, 6.07) is 2.43. The minimum Gasteiger partial charge on any atom is -0.478 e. The zero-order chi connectivity index (χ0) is 14.6. The highest BCUT2D eigenvalue weighted by Crippen LogP contribution is 2.32. The van der Waals surface area contributed by atoms with Gasteiger partial charge >= 0.3 is 11.9 Å². The molecule has 0 spiro atoms. The maximum Gasteiger partial charge on any atom is 0.337 e. The van der Waals surface area contributed by atoms with E-state index in [4.69, 9.17) is 14.9 Å². The average Bonchev–Trinajstić information content (AvgIpc) is 2.30. The standard InChI is InChI=1S/C12H13BrO6/c1-2-3-8(14)19-7-5-4-6(11(15)16)9(10(7)13)12(17)18/h4-5,8,14H,2-3H2,1H3,(H,15,16)(H,17,18). The molecule has 0 aliphatic rings. The first-order valence-corrected chi connectivity index (χ1v) is 6.31. The molecule has 0 radical (unpaired) electrons. The van der Waals surface area contributed by atoms with Gasteiger partial charge in [0, 0.05) is 6.42 Å². The summed E-state index contributed by atoms with van der Waals surface area (Å²) in [7, 11) is 0. The van der Waals surface area contributed by atoms with E-state index >= 15 is 0 Å². The van der Waals surface area contributed by atoms with Gasteiger partial charge in [0.15, 0.2) is 6.29 Å². The summed E-state index contributed by atoms with van der Waals surface area (Å²) in [5.74, 6) is -2.65. The topological polar surface area (TPSA) is 104 Å². The first kappa shape index (κ1) is 15.5. The van der Waals surface area contributed by atoms with Crippen LogP contribution in [0.5, 0.6) is 5.75 Å². The van der Waals surface area contributed by atoms with Crippen molar-refractivity contribution in [2.24, 2.45) is 0 Å². The Bertz CT molecular complexity index is 499. The monoisotopic (exact) mass is 332 g/mol. The summed E-state index contributed by atoms with van der Waals surface area (Å²) in [6.07, 6.45) is 0.00598. The molecule has 0 aliphatic heterocycles. The number of aliphatic hydroxyl groups excluding tert-OH is 1. The maximum atomic E-state index is 11.1. The van der Waals surface area contributed by atoms with Crippen molar-refractivity contribution in [1.29, 1.82) is 0 Å². The molecule has 3 N–H and O–H groups in total. The van der Waals surface area contributed by atoms with Crippen LogP contribution in [0.2, 0.25) is 0 Å². The van der Waals surface area contributed by atoms with Crippen LogP contribution in [0.25, 0.3) is 0 Å². The second-order valence-corrected chi connectivity index (χ2v) is 4.56. The van der Waals surface area contributed by atoms with E-state index in [1.165, 1.54) is 6.07 Å². The fourth-order valence-corrected chi connectivity index (χ4v) is 2.10. The van der Waals surface area contributed by atoms with E-state index in [0.717, 1.165) is 6.07 Å². The smallest absolute Gasteiger partial charge is 0.337 e. The fraction of sp³-hybridized carbons (Fsp3) is 0.333. The number of hydrogen-bond donors (Lipinski definition) is 3. The Balaban J connectivity index is 3.20. The largest absolute Gasteiger partial charge is 0.478 e. The molecule has 0 bridgehead atoms. The van der Waals surface area contributed by atoms with Crippen LogP contribution in [-0.2, 0) is 0 Å². The predicted octanol–water partition coefficient (Wildman–Crippen LogP) is 2.34. The van der Waals surface area contributed by atoms with Crippen LogP contribution in [0.1, 0.15) is 40.5 Å². The summed E-state index contributed by atoms with van der Waals surface area (Å²) in [4.78, 5) is 22.0. The van der Waals surface area contributed by atoms with Crippen molar-refractivity contribution in [1.82, 2.24) is 0 Å². The first-order chi connectivity index (χ1) is 8.88. The minimum atomic E-state index is -1.39. The summed E-state index contributed by atoms with van der Waals surface area (Å²) < 4.78 is 5.16. The molecular formula is C12H13BrO6. The number of hydrogen-bond acceptors (Lipinski definition) is 4. The molecule has 1 aromatic carbocycles. The lowest BCUT2D eigenvalue weighted by Gasteiger charge is -2.15. The fourth-order valence-electron chi connectivity index (χ4n) is 1.49. The Morgan fingerprint density at radius 3 is 2.42 bits per heavy atom. The van der Waals surface area contributed by atoms with Crippen molar-refractivity contribution in [2.45, 2.75) is 26.1 Å². The van der Waals surface area contributed by atoms with E-state index in [9.17, 15) is 14.7 Å². The third-order valence-electron chi connectivity index (χ3n) is 2.35. The quantitative estimate of drug-likeness (QED) is 0.690. The van der Waals surface area contributed by atoms with Crippen molar-refractivity contribution in [3.63, 3.8) is 0 Å². The second kappa shape index (κ2) is 6.53. The Morgan fingerprint density at radius 1 is 1.32 bits per heavy atom. The molecule has 1 unspecified atom stereocenters. The van der Waals surface area contributed by atoms with Gasteiger partial charge < -0.3 is 20.1 Å². The lowest BCUT2D eigenvalue weighted by atomic mass is 10.1. The Hall–Kier alpha value is -1.60. The van der Waals surface area contributed by atoms with Crippen molar-refractivity contribution in [2.75, 3.05) is 0 Å². The molecule has 104 valence electrons. The van der Waals surface area contributed by atoms with Crippen molar-refractivity contribution in [3.05, 3.63) is 27.7 Å². The lowest BCUT2D eigenvalue weighted by Crippen LogP contribution is -2.17. The molecule has 0 heterocycles. The SMILES string of the molecule is CCCC(O)Oc1ccc(C(=O)O)c(C(=O)O)c1Br. The van der Waals surface area contributed by atoms with E-state index in [2.05, 4.69) is 15.9 Å². The lowest BCUT2D eigenvalue weighted by molar-refractivity contribution is -0.0239. The van der Waals surface area contributed by atoms with Crippen LogP contribution >= 0.6 is 15.9 Å². The van der Waals surface area contributed by atoms with Gasteiger partial charge in [-0.25, -0.2) is 9.59 Å². The molecule has 6 nitrogen and oxygen atoms in total. The number of carbonyl (C=O) groups is 2. The molecule has 0 fully saturated rings. The maximum absolute atomic E-state index is 11.1. The van der Waals surface area contributed by atoms with Crippen LogP contribution in [0.3, 0.4) is 0 Å². The molecule has 0 aliphatic carbocycles. The highest BCUT2D eigenvalue weighted by Gasteiger charge is 2.23. The van der Waals surface area contributed by atoms with E-state index in [0.29, 0.717) is 12.8 Å². The number of benzene rings is 1. The number of rotatable bonds is 6. The van der Waals surface area contributed by atoms with Gasteiger partial charge in [0.2, 0.25) is 0 Å². The highest BCUT2D eigenvalue weighted by molar-refractivity contribution is 9.10. The predicted molar refractivity (Wildman–Crippen MR) is 69.6 cm³/mol. The summed E-state index contributed by atoms with van der Waals surface area (Å²) in [6.45, 7) is 1.86. The van der Waals surface area contributed by atoms with E-state index < -0.39 is 23.8 Å². The molecule has 1 aromatic rings. The summed E-state index contributed by atoms with van der Waals surface area (Å²) in [5.41, 5.74) is -0.759. The number of ether oxygens (including phenoxy) is 1. The average molecular weight is 333 g/mol. The van der Waals surface area contributed by atoms with Crippen molar-refractivity contribution >= 4 is 27.9 Å². The molecule has 1 atom stereocenters. The number of aliphatic hydroxyl groups is 1. The molecular weight excluding hydrogens is 320 g/mol. The van der Waals surface area contributed by atoms with E-state index in [-0.39, 0.29) is 15.8 Å². The summed E-state index contributed by atoms with van der Waals surface area (Å²) in [5, 5.41) is 27.5. The van der Waals surface area contributed by atoms with Gasteiger partial charge in [-0.15, -0.1) is 0 Å². The second-order valence-electron chi connectivity index (χ2n) is 3.77. The molecule has 19 heavy (non-hydrogen) atoms. The molecule has 0 aromatic heterocycles. The van der Waals surface area contributed by atoms with Gasteiger partial charge in [-0.1, -0.05) is 13.3 Å². The van der Waals surface area contributed by atoms with E-state index in [1.807, 2.05) is 6.92 Å². The third kappa shape index (κ3) is 3.68. The van der Waals surface area contributed by atoms with Gasteiger partial charge in [-0.3, -0.25) is 0 Å². The van der Waals surface area contributed by atoms with E-state index in [1.54, 1.807) is 0 Å². The van der Waals surface area contributed by atoms with Gasteiger partial charge in [0.25, 0.3) is 0 Å². The van der Waals surface area contributed by atoms with Crippen LogP contribution in [0, 0.1) is 0 Å². The molecule has 0 saturated heterocycles. The van der Waals surface area contributed by atoms with Crippen LogP contribution in [-0.4, -0.2) is 33.5 Å². The number of carboxylic acid groups (broad SMARTS) is 2. The van der Waals surface area contributed by atoms with Crippen molar-refractivity contribution in [3.8, 4) is 5.75 Å².